The first-order valence-corrected chi connectivity index (χ1v) is 4.83. The minimum atomic E-state index is 0.381. The van der Waals surface area contributed by atoms with Crippen LogP contribution in [0.1, 0.15) is 35.3 Å². The topological polar surface area (TPSA) is 47.3 Å². The SMILES string of the molecule is CC(C)c1nn2c(C=O)cnc2s1. The Morgan fingerprint density at radius 1 is 1.62 bits per heavy atom. The molecule has 0 aromatic carbocycles. The Bertz CT molecular complexity index is 443. The van der Waals surface area contributed by atoms with Gasteiger partial charge in [0.05, 0.1) is 6.20 Å². The standard InChI is InChI=1S/C8H9N3OS/c1-5(2)7-10-11-6(4-12)3-9-8(11)13-7/h3-5H,1-2H3. The van der Waals surface area contributed by atoms with Gasteiger partial charge in [0, 0.05) is 5.92 Å². The van der Waals surface area contributed by atoms with Crippen molar-refractivity contribution in [3.63, 3.8) is 0 Å². The van der Waals surface area contributed by atoms with Crippen LogP contribution in [0.3, 0.4) is 0 Å². The number of aldehydes is 1. The summed E-state index contributed by atoms with van der Waals surface area (Å²) >= 11 is 1.52. The van der Waals surface area contributed by atoms with Crippen LogP contribution < -0.4 is 0 Å². The summed E-state index contributed by atoms with van der Waals surface area (Å²) in [5, 5.41) is 5.29. The van der Waals surface area contributed by atoms with E-state index in [9.17, 15) is 4.79 Å². The van der Waals surface area contributed by atoms with Gasteiger partial charge in [0.2, 0.25) is 4.96 Å². The van der Waals surface area contributed by atoms with Crippen molar-refractivity contribution in [2.75, 3.05) is 0 Å². The normalized spacial score (nSPS) is 11.3. The van der Waals surface area contributed by atoms with Gasteiger partial charge in [-0.3, -0.25) is 4.79 Å². The van der Waals surface area contributed by atoms with Crippen molar-refractivity contribution in [3.05, 3.63) is 16.9 Å². The number of hydrogen-bond acceptors (Lipinski definition) is 4. The van der Waals surface area contributed by atoms with E-state index in [4.69, 9.17) is 0 Å². The molecule has 0 saturated heterocycles. The van der Waals surface area contributed by atoms with Gasteiger partial charge < -0.3 is 0 Å². The van der Waals surface area contributed by atoms with E-state index < -0.39 is 0 Å². The molecule has 2 aromatic heterocycles. The van der Waals surface area contributed by atoms with Crippen LogP contribution in [-0.4, -0.2) is 20.9 Å². The summed E-state index contributed by atoms with van der Waals surface area (Å²) in [6, 6.07) is 0. The highest BCUT2D eigenvalue weighted by Crippen LogP contribution is 2.21. The molecule has 0 aliphatic carbocycles. The van der Waals surface area contributed by atoms with Gasteiger partial charge >= 0.3 is 0 Å². The Labute approximate surface area is 79.2 Å². The van der Waals surface area contributed by atoms with Gasteiger partial charge in [-0.05, 0) is 0 Å². The van der Waals surface area contributed by atoms with Crippen molar-refractivity contribution >= 4 is 22.6 Å². The molecule has 0 amide bonds. The quantitative estimate of drug-likeness (QED) is 0.685. The summed E-state index contributed by atoms with van der Waals surface area (Å²) in [5.74, 6) is 0.381. The second kappa shape index (κ2) is 2.92. The van der Waals surface area contributed by atoms with Gasteiger partial charge in [0.1, 0.15) is 10.7 Å². The smallest absolute Gasteiger partial charge is 0.212 e. The first-order chi connectivity index (χ1) is 6.22. The average molecular weight is 195 g/mol. The molecule has 0 bridgehead atoms. The molecule has 0 fully saturated rings. The minimum Gasteiger partial charge on any atom is -0.296 e. The summed E-state index contributed by atoms with van der Waals surface area (Å²) in [6.07, 6.45) is 2.31. The zero-order valence-electron chi connectivity index (χ0n) is 7.39. The molecule has 0 aliphatic heterocycles. The summed E-state index contributed by atoms with van der Waals surface area (Å²) < 4.78 is 1.59. The molecule has 0 N–H and O–H groups in total. The predicted octanol–water partition coefficient (Wildman–Crippen LogP) is 1.73. The number of hydrogen-bond donors (Lipinski definition) is 0. The van der Waals surface area contributed by atoms with Crippen molar-refractivity contribution in [1.29, 1.82) is 0 Å². The van der Waals surface area contributed by atoms with Crippen molar-refractivity contribution < 1.29 is 4.79 Å². The highest BCUT2D eigenvalue weighted by atomic mass is 32.1. The molecule has 0 spiro atoms. The van der Waals surface area contributed by atoms with E-state index in [0.717, 1.165) is 16.3 Å². The van der Waals surface area contributed by atoms with E-state index in [1.807, 2.05) is 0 Å². The Balaban J connectivity index is 2.62. The number of fused-ring (bicyclic) bond motifs is 1. The summed E-state index contributed by atoms with van der Waals surface area (Å²) in [7, 11) is 0. The van der Waals surface area contributed by atoms with Crippen LogP contribution in [0.15, 0.2) is 6.20 Å². The second-order valence-electron chi connectivity index (χ2n) is 3.09. The van der Waals surface area contributed by atoms with Crippen molar-refractivity contribution in [2.24, 2.45) is 0 Å². The Kier molecular flexibility index (Phi) is 1.88. The van der Waals surface area contributed by atoms with Crippen LogP contribution in [0.5, 0.6) is 0 Å². The lowest BCUT2D eigenvalue weighted by atomic mass is 10.2. The Morgan fingerprint density at radius 3 is 3.00 bits per heavy atom. The van der Waals surface area contributed by atoms with Crippen LogP contribution in [0.25, 0.3) is 4.96 Å². The maximum atomic E-state index is 10.6. The molecule has 0 radical (unpaired) electrons. The number of aromatic nitrogens is 3. The molecular weight excluding hydrogens is 186 g/mol. The van der Waals surface area contributed by atoms with E-state index in [1.165, 1.54) is 17.5 Å². The molecule has 0 atom stereocenters. The zero-order valence-corrected chi connectivity index (χ0v) is 8.21. The highest BCUT2D eigenvalue weighted by Gasteiger charge is 2.10. The number of rotatable bonds is 2. The first kappa shape index (κ1) is 8.37. The molecule has 0 saturated carbocycles. The van der Waals surface area contributed by atoms with Gasteiger partial charge in [-0.15, -0.1) is 0 Å². The minimum absolute atomic E-state index is 0.381. The van der Waals surface area contributed by atoms with Crippen LogP contribution in [-0.2, 0) is 0 Å². The van der Waals surface area contributed by atoms with E-state index in [0.29, 0.717) is 11.6 Å². The lowest BCUT2D eigenvalue weighted by molar-refractivity contribution is 0.111. The van der Waals surface area contributed by atoms with E-state index in [2.05, 4.69) is 23.9 Å². The third-order valence-corrected chi connectivity index (χ3v) is 2.97. The number of imidazole rings is 1. The summed E-state index contributed by atoms with van der Waals surface area (Å²) in [4.78, 5) is 15.4. The van der Waals surface area contributed by atoms with Gasteiger partial charge in [-0.2, -0.15) is 5.10 Å². The molecular formula is C8H9N3OS. The molecule has 2 rings (SSSR count). The van der Waals surface area contributed by atoms with Crippen molar-refractivity contribution in [2.45, 2.75) is 19.8 Å². The fraction of sp³-hybridized carbons (Fsp3) is 0.375. The monoisotopic (exact) mass is 195 g/mol. The summed E-state index contributed by atoms with van der Waals surface area (Å²) in [6.45, 7) is 4.14. The zero-order chi connectivity index (χ0) is 9.42. The molecule has 0 aliphatic rings. The first-order valence-electron chi connectivity index (χ1n) is 4.02. The average Bonchev–Trinajstić information content (AvgIpc) is 2.60. The fourth-order valence-electron chi connectivity index (χ4n) is 1.04. The van der Waals surface area contributed by atoms with Crippen LogP contribution >= 0.6 is 11.3 Å². The number of nitrogens with zero attached hydrogens (tertiary/aromatic N) is 3. The molecule has 0 unspecified atom stereocenters. The van der Waals surface area contributed by atoms with Gasteiger partial charge in [-0.1, -0.05) is 25.2 Å². The highest BCUT2D eigenvalue weighted by molar-refractivity contribution is 7.16. The molecule has 4 nitrogen and oxygen atoms in total. The Morgan fingerprint density at radius 2 is 2.38 bits per heavy atom. The maximum Gasteiger partial charge on any atom is 0.212 e. The molecule has 13 heavy (non-hydrogen) atoms. The molecule has 2 heterocycles. The van der Waals surface area contributed by atoms with Crippen molar-refractivity contribution in [3.8, 4) is 0 Å². The molecule has 2 aromatic rings. The lowest BCUT2D eigenvalue weighted by Crippen LogP contribution is -1.93. The van der Waals surface area contributed by atoms with Crippen LogP contribution in [0.2, 0.25) is 0 Å². The van der Waals surface area contributed by atoms with E-state index in [-0.39, 0.29) is 0 Å². The number of carbonyl (C=O) groups is 1. The van der Waals surface area contributed by atoms with Crippen LogP contribution in [0, 0.1) is 0 Å². The van der Waals surface area contributed by atoms with E-state index in [1.54, 1.807) is 4.52 Å². The summed E-state index contributed by atoms with van der Waals surface area (Å²) in [5.41, 5.74) is 0.512. The predicted molar refractivity (Wildman–Crippen MR) is 50.3 cm³/mol. The van der Waals surface area contributed by atoms with Crippen LogP contribution in [0.4, 0.5) is 0 Å². The number of carbonyl (C=O) groups excluding carboxylic acids is 1. The second-order valence-corrected chi connectivity index (χ2v) is 4.08. The Hall–Kier alpha value is -1.23. The fourth-order valence-corrected chi connectivity index (χ4v) is 1.92. The largest absolute Gasteiger partial charge is 0.296 e. The van der Waals surface area contributed by atoms with Gasteiger partial charge in [0.15, 0.2) is 6.29 Å². The molecule has 5 heteroatoms. The van der Waals surface area contributed by atoms with E-state index >= 15 is 0 Å². The third kappa shape index (κ3) is 1.25. The third-order valence-electron chi connectivity index (χ3n) is 1.74. The van der Waals surface area contributed by atoms with Gasteiger partial charge in [0.25, 0.3) is 0 Å². The lowest BCUT2D eigenvalue weighted by Gasteiger charge is -1.94. The molecule has 68 valence electrons. The van der Waals surface area contributed by atoms with Crippen molar-refractivity contribution in [1.82, 2.24) is 14.6 Å². The van der Waals surface area contributed by atoms with Gasteiger partial charge in [-0.25, -0.2) is 9.50 Å². The maximum absolute atomic E-state index is 10.6.